The number of hydrogen-bond donors (Lipinski definition) is 0. The first-order valence-corrected chi connectivity index (χ1v) is 11.6. The van der Waals surface area contributed by atoms with Crippen LogP contribution in [0.1, 0.15) is 113 Å². The molecule has 0 heteroatoms. The molecule has 0 aromatic rings. The normalized spacial score (nSPS) is 13.5. The lowest BCUT2D eigenvalue weighted by atomic mass is 10.0. The fourth-order valence-corrected chi connectivity index (χ4v) is 3.10. The maximum absolute atomic E-state index is 2.43. The Balaban J connectivity index is 4.07. The molecule has 0 bridgehead atoms. The van der Waals surface area contributed by atoms with Crippen LogP contribution in [0.2, 0.25) is 0 Å². The average molecular weight is 397 g/mol. The van der Waals surface area contributed by atoms with Crippen LogP contribution in [-0.4, -0.2) is 0 Å². The zero-order chi connectivity index (χ0) is 22.1. The van der Waals surface area contributed by atoms with E-state index in [0.717, 1.165) is 6.42 Å². The van der Waals surface area contributed by atoms with Gasteiger partial charge in [-0.15, -0.1) is 0 Å². The Labute approximate surface area is 183 Å². The molecule has 0 aromatic carbocycles. The van der Waals surface area contributed by atoms with Gasteiger partial charge in [0, 0.05) is 0 Å². The molecule has 0 spiro atoms. The summed E-state index contributed by atoms with van der Waals surface area (Å²) in [4.78, 5) is 0. The van der Waals surface area contributed by atoms with Crippen LogP contribution in [0.25, 0.3) is 0 Å². The lowest BCUT2D eigenvalue weighted by molar-refractivity contribution is 0.901. The molecule has 0 heterocycles. The Kier molecular flexibility index (Phi) is 16.4. The summed E-state index contributed by atoms with van der Waals surface area (Å²) in [5.41, 5.74) is 8.90. The second-order valence-electron chi connectivity index (χ2n) is 9.16. The highest BCUT2D eigenvalue weighted by molar-refractivity contribution is 5.10. The van der Waals surface area contributed by atoms with Crippen molar-refractivity contribution in [3.8, 4) is 0 Å². The standard InChI is InChI=1S/C29H48/c1-24(2)14-11-17-28(7)20-12-18-26(5)15-9-10-16-27(6)19-13-21-29(8)23-22-25(3)4/h14-16,20-22H,9-13,17-19,23H2,1-8H3. The summed E-state index contributed by atoms with van der Waals surface area (Å²) in [5.74, 6) is 0. The van der Waals surface area contributed by atoms with Gasteiger partial charge in [0.15, 0.2) is 0 Å². The summed E-state index contributed by atoms with van der Waals surface area (Å²) < 4.78 is 0. The second kappa shape index (κ2) is 17.3. The van der Waals surface area contributed by atoms with Crippen molar-refractivity contribution in [1.29, 1.82) is 0 Å². The van der Waals surface area contributed by atoms with E-state index in [-0.39, 0.29) is 0 Å². The Morgan fingerprint density at radius 2 is 0.724 bits per heavy atom. The van der Waals surface area contributed by atoms with Gasteiger partial charge in [0.05, 0.1) is 0 Å². The third-order valence-electron chi connectivity index (χ3n) is 5.14. The molecule has 0 N–H and O–H groups in total. The minimum atomic E-state index is 1.10. The van der Waals surface area contributed by atoms with E-state index < -0.39 is 0 Å². The molecular formula is C29H48. The highest BCUT2D eigenvalue weighted by Crippen LogP contribution is 2.14. The Bertz CT molecular complexity index is 621. The predicted octanol–water partition coefficient (Wildman–Crippen LogP) is 10.2. The first kappa shape index (κ1) is 27.4. The van der Waals surface area contributed by atoms with E-state index >= 15 is 0 Å². The quantitative estimate of drug-likeness (QED) is 0.202. The first-order chi connectivity index (χ1) is 13.7. The Morgan fingerprint density at radius 1 is 0.379 bits per heavy atom. The summed E-state index contributed by atoms with van der Waals surface area (Å²) in [5, 5.41) is 0. The van der Waals surface area contributed by atoms with Gasteiger partial charge in [-0.05, 0) is 113 Å². The van der Waals surface area contributed by atoms with E-state index in [4.69, 9.17) is 0 Å². The number of hydrogen-bond acceptors (Lipinski definition) is 0. The third-order valence-corrected chi connectivity index (χ3v) is 5.14. The largest absolute Gasteiger partial charge is 0.0856 e. The smallest absolute Gasteiger partial charge is 0.0139 e. The van der Waals surface area contributed by atoms with Crippen LogP contribution in [0.4, 0.5) is 0 Å². The van der Waals surface area contributed by atoms with Crippen molar-refractivity contribution in [3.05, 3.63) is 69.9 Å². The van der Waals surface area contributed by atoms with Crippen LogP contribution in [0.5, 0.6) is 0 Å². The Hall–Kier alpha value is -1.56. The van der Waals surface area contributed by atoms with Crippen molar-refractivity contribution in [1.82, 2.24) is 0 Å². The van der Waals surface area contributed by atoms with Crippen molar-refractivity contribution in [2.75, 3.05) is 0 Å². The molecule has 0 nitrogen and oxygen atoms in total. The van der Waals surface area contributed by atoms with Gasteiger partial charge < -0.3 is 0 Å². The van der Waals surface area contributed by atoms with Gasteiger partial charge in [-0.1, -0.05) is 69.9 Å². The number of unbranched alkanes of at least 4 members (excludes halogenated alkanes) is 1. The van der Waals surface area contributed by atoms with Crippen molar-refractivity contribution in [3.63, 3.8) is 0 Å². The van der Waals surface area contributed by atoms with Gasteiger partial charge in [-0.3, -0.25) is 0 Å². The monoisotopic (exact) mass is 396 g/mol. The van der Waals surface area contributed by atoms with Crippen molar-refractivity contribution >= 4 is 0 Å². The maximum Gasteiger partial charge on any atom is -0.0139 e. The predicted molar refractivity (Wildman–Crippen MR) is 135 cm³/mol. The molecular weight excluding hydrogens is 348 g/mol. The zero-order valence-electron chi connectivity index (χ0n) is 20.8. The molecule has 0 unspecified atom stereocenters. The van der Waals surface area contributed by atoms with Crippen molar-refractivity contribution in [2.24, 2.45) is 0 Å². The van der Waals surface area contributed by atoms with E-state index in [0.29, 0.717) is 0 Å². The molecule has 0 aliphatic carbocycles. The van der Waals surface area contributed by atoms with Gasteiger partial charge in [0.1, 0.15) is 0 Å². The highest BCUT2D eigenvalue weighted by Gasteiger charge is 1.93. The first-order valence-electron chi connectivity index (χ1n) is 11.6. The topological polar surface area (TPSA) is 0 Å². The minimum Gasteiger partial charge on any atom is -0.0856 e. The van der Waals surface area contributed by atoms with E-state index in [1.807, 2.05) is 0 Å². The summed E-state index contributed by atoms with van der Waals surface area (Å²) in [6.45, 7) is 17.8. The molecule has 0 aliphatic heterocycles. The zero-order valence-corrected chi connectivity index (χ0v) is 20.8. The molecule has 0 saturated heterocycles. The van der Waals surface area contributed by atoms with Crippen LogP contribution in [0.3, 0.4) is 0 Å². The average Bonchev–Trinajstić information content (AvgIpc) is 2.63. The highest BCUT2D eigenvalue weighted by atomic mass is 14.0. The lowest BCUT2D eigenvalue weighted by Gasteiger charge is -2.02. The van der Waals surface area contributed by atoms with E-state index in [9.17, 15) is 0 Å². The number of allylic oxidation sites excluding steroid dienone is 12. The van der Waals surface area contributed by atoms with Gasteiger partial charge in [0.2, 0.25) is 0 Å². The minimum absolute atomic E-state index is 1.10. The molecule has 0 rings (SSSR count). The fraction of sp³-hybridized carbons (Fsp3) is 0.586. The summed E-state index contributed by atoms with van der Waals surface area (Å²) >= 11 is 0. The molecule has 164 valence electrons. The van der Waals surface area contributed by atoms with Crippen LogP contribution >= 0.6 is 0 Å². The van der Waals surface area contributed by atoms with E-state index in [2.05, 4.69) is 91.8 Å². The molecule has 0 saturated carbocycles. The molecule has 0 aromatic heterocycles. The van der Waals surface area contributed by atoms with Gasteiger partial charge >= 0.3 is 0 Å². The maximum atomic E-state index is 2.43. The molecule has 0 fully saturated rings. The molecule has 0 atom stereocenters. The molecule has 0 aliphatic rings. The van der Waals surface area contributed by atoms with Crippen LogP contribution < -0.4 is 0 Å². The lowest BCUT2D eigenvalue weighted by Crippen LogP contribution is -1.82. The van der Waals surface area contributed by atoms with Crippen LogP contribution in [0.15, 0.2) is 69.9 Å². The number of rotatable bonds is 14. The summed E-state index contributed by atoms with van der Waals surface area (Å²) in [6.07, 6.45) is 24.9. The summed E-state index contributed by atoms with van der Waals surface area (Å²) in [6, 6.07) is 0. The molecule has 29 heavy (non-hydrogen) atoms. The molecule has 0 amide bonds. The third kappa shape index (κ3) is 19.5. The van der Waals surface area contributed by atoms with Gasteiger partial charge in [-0.25, -0.2) is 0 Å². The van der Waals surface area contributed by atoms with Crippen LogP contribution in [0, 0.1) is 0 Å². The summed E-state index contributed by atoms with van der Waals surface area (Å²) in [7, 11) is 0. The van der Waals surface area contributed by atoms with Gasteiger partial charge in [-0.2, -0.15) is 0 Å². The van der Waals surface area contributed by atoms with Crippen molar-refractivity contribution < 1.29 is 0 Å². The van der Waals surface area contributed by atoms with Gasteiger partial charge in [0.25, 0.3) is 0 Å². The Morgan fingerprint density at radius 3 is 1.14 bits per heavy atom. The van der Waals surface area contributed by atoms with Crippen molar-refractivity contribution in [2.45, 2.75) is 113 Å². The van der Waals surface area contributed by atoms with E-state index in [1.165, 1.54) is 84.8 Å². The second-order valence-corrected chi connectivity index (χ2v) is 9.16. The van der Waals surface area contributed by atoms with E-state index in [1.54, 1.807) is 0 Å². The SMILES string of the molecule is CC(C)=CCCC(C)=CCCC(C)=CCCC=C(C)CCC=C(C)CC=C(C)C. The molecule has 0 radical (unpaired) electrons. The van der Waals surface area contributed by atoms with Crippen LogP contribution in [-0.2, 0) is 0 Å². The fourth-order valence-electron chi connectivity index (χ4n) is 3.10.